The first-order chi connectivity index (χ1) is 17.9. The summed E-state index contributed by atoms with van der Waals surface area (Å²) in [6, 6.07) is 8.56. The Bertz CT molecular complexity index is 2160. The van der Waals surface area contributed by atoms with Crippen LogP contribution in [-0.2, 0) is 41.0 Å². The Kier molecular flexibility index (Phi) is 6.83. The molecule has 0 fully saturated rings. The number of anilines is 4. The van der Waals surface area contributed by atoms with Crippen LogP contribution in [0.25, 0.3) is 22.1 Å². The summed E-state index contributed by atoms with van der Waals surface area (Å²) in [6.45, 7) is 1.50. The summed E-state index contributed by atoms with van der Waals surface area (Å²) in [4.78, 5) is 5.90. The molecule has 1 aliphatic rings. The van der Waals surface area contributed by atoms with E-state index in [1.54, 1.807) is 12.1 Å². The monoisotopic (exact) mass is 618 g/mol. The van der Waals surface area contributed by atoms with Crippen LogP contribution in [0.4, 0.5) is 22.7 Å². The molecule has 0 radical (unpaired) electrons. The van der Waals surface area contributed by atoms with Crippen molar-refractivity contribution in [2.75, 3.05) is 10.6 Å². The third-order valence-corrected chi connectivity index (χ3v) is 7.96. The van der Waals surface area contributed by atoms with E-state index in [2.05, 4.69) is 20.6 Å². The number of hydrogen-bond acceptors (Lipinski definition) is 13. The van der Waals surface area contributed by atoms with Gasteiger partial charge in [-0.3, -0.25) is 13.7 Å². The third-order valence-electron chi connectivity index (χ3n) is 5.25. The maximum Gasteiger partial charge on any atom is 0.425 e. The lowest BCUT2D eigenvalue weighted by atomic mass is 10.1. The van der Waals surface area contributed by atoms with Gasteiger partial charge in [-0.05, 0) is 36.8 Å². The first-order valence-corrected chi connectivity index (χ1v) is 15.4. The molecule has 1 aromatic heterocycles. The van der Waals surface area contributed by atoms with Crippen LogP contribution in [0.1, 0.15) is 5.56 Å². The van der Waals surface area contributed by atoms with Gasteiger partial charge in [-0.1, -0.05) is 12.1 Å². The fourth-order valence-electron chi connectivity index (χ4n) is 3.97. The normalized spacial score (nSPS) is 12.9. The predicted molar refractivity (Wildman–Crippen MR) is 134 cm³/mol. The maximum atomic E-state index is 12.5. The minimum atomic E-state index is -5.15. The molecular formula is C19H14N4O12S4. The quantitative estimate of drug-likeness (QED) is 0.142. The number of para-hydroxylation sites is 2. The topological polar surface area (TPSA) is 264 Å². The molecule has 16 nitrogen and oxygen atoms in total. The summed E-state index contributed by atoms with van der Waals surface area (Å²) in [5.74, 6) is 0. The molecule has 206 valence electrons. The fourth-order valence-corrected chi connectivity index (χ4v) is 6.31. The van der Waals surface area contributed by atoms with Crippen LogP contribution in [0.15, 0.2) is 51.1 Å². The van der Waals surface area contributed by atoms with Gasteiger partial charge < -0.3 is 10.6 Å². The van der Waals surface area contributed by atoms with E-state index >= 15 is 0 Å². The SMILES string of the molecule is Cc1cc2c(c(S(=O)(=O)O)c1)Nc1c(c(S(=O)(=O)O)c3nc4ccccc4nc3c1S(=O)(=O)O)N2.O=S(=O)=O. The second kappa shape index (κ2) is 9.44. The first-order valence-electron chi connectivity index (χ1n) is 10.0. The van der Waals surface area contributed by atoms with E-state index in [1.165, 1.54) is 25.1 Å². The standard InChI is InChI=1S/C19H14N4O9S3.O3S/c1-8-6-11-13(12(7-8)33(24,25)26)23-17-16(22-11)18(34(27,28)29)14-15(19(17)35(30,31)32)21-10-5-3-2-4-9(10)20-14;1-4(2)3/h2-7,22-23H,1H3,(H,24,25,26)(H,27,28,29)(H,30,31,32);. The summed E-state index contributed by atoms with van der Waals surface area (Å²) in [6.07, 6.45) is 0. The number of rotatable bonds is 3. The molecule has 3 aromatic carbocycles. The molecule has 1 aliphatic heterocycles. The Morgan fingerprint density at radius 3 is 1.54 bits per heavy atom. The summed E-state index contributed by atoms with van der Waals surface area (Å²) < 4.78 is 129. The summed E-state index contributed by atoms with van der Waals surface area (Å²) in [7, 11) is -18.2. The van der Waals surface area contributed by atoms with Crippen LogP contribution in [0, 0.1) is 6.92 Å². The van der Waals surface area contributed by atoms with Crippen molar-refractivity contribution in [3.63, 3.8) is 0 Å². The van der Waals surface area contributed by atoms with E-state index < -0.39 is 78.1 Å². The largest absolute Gasteiger partial charge is 0.425 e. The zero-order chi connectivity index (χ0) is 29.1. The van der Waals surface area contributed by atoms with Gasteiger partial charge in [-0.2, -0.15) is 25.3 Å². The number of nitrogens with zero attached hydrogens (tertiary/aromatic N) is 2. The Labute approximate surface area is 221 Å². The molecule has 0 atom stereocenters. The Balaban J connectivity index is 0.000000826. The smallest absolute Gasteiger partial charge is 0.351 e. The number of benzene rings is 3. The van der Waals surface area contributed by atoms with Gasteiger partial charge in [0, 0.05) is 0 Å². The minimum Gasteiger partial charge on any atom is -0.351 e. The molecule has 0 unspecified atom stereocenters. The van der Waals surface area contributed by atoms with Crippen LogP contribution in [-0.4, -0.2) is 61.5 Å². The molecule has 0 bridgehead atoms. The average Bonchev–Trinajstić information content (AvgIpc) is 2.76. The summed E-state index contributed by atoms with van der Waals surface area (Å²) in [5, 5.41) is 5.09. The Morgan fingerprint density at radius 2 is 1.13 bits per heavy atom. The third kappa shape index (κ3) is 5.38. The lowest BCUT2D eigenvalue weighted by Gasteiger charge is -2.28. The number of fused-ring (bicyclic) bond motifs is 4. The highest BCUT2D eigenvalue weighted by atomic mass is 32.2. The molecule has 5 rings (SSSR count). The lowest BCUT2D eigenvalue weighted by molar-refractivity contribution is 0.480. The Hall–Kier alpha value is -3.79. The molecule has 20 heteroatoms. The van der Waals surface area contributed by atoms with Crippen molar-refractivity contribution in [2.24, 2.45) is 0 Å². The van der Waals surface area contributed by atoms with Gasteiger partial charge in [0.2, 0.25) is 0 Å². The number of hydrogen-bond donors (Lipinski definition) is 5. The van der Waals surface area contributed by atoms with Gasteiger partial charge in [0.05, 0.1) is 33.8 Å². The van der Waals surface area contributed by atoms with Gasteiger partial charge in [-0.25, -0.2) is 9.97 Å². The molecular weight excluding hydrogens is 604 g/mol. The van der Waals surface area contributed by atoms with E-state index in [4.69, 9.17) is 12.6 Å². The van der Waals surface area contributed by atoms with Gasteiger partial charge in [0.25, 0.3) is 30.4 Å². The molecule has 5 N–H and O–H groups in total. The van der Waals surface area contributed by atoms with Crippen molar-refractivity contribution >= 4 is 85.8 Å². The molecule has 0 saturated heterocycles. The van der Waals surface area contributed by atoms with Crippen molar-refractivity contribution < 1.29 is 51.5 Å². The summed E-state index contributed by atoms with van der Waals surface area (Å²) in [5.41, 5.74) is -2.06. The lowest BCUT2D eigenvalue weighted by Crippen LogP contribution is -2.19. The number of aryl methyl sites for hydroxylation is 1. The van der Waals surface area contributed by atoms with Crippen LogP contribution >= 0.6 is 0 Å². The van der Waals surface area contributed by atoms with E-state index in [0.717, 1.165) is 6.07 Å². The second-order valence-electron chi connectivity index (χ2n) is 7.88. The zero-order valence-electron chi connectivity index (χ0n) is 19.0. The minimum absolute atomic E-state index is 0.0654. The highest BCUT2D eigenvalue weighted by Crippen LogP contribution is 2.50. The second-order valence-corrected chi connectivity index (χ2v) is 12.4. The predicted octanol–water partition coefficient (Wildman–Crippen LogP) is 1.63. The average molecular weight is 619 g/mol. The van der Waals surface area contributed by atoms with Crippen LogP contribution in [0.5, 0.6) is 0 Å². The number of nitrogens with one attached hydrogen (secondary N) is 2. The van der Waals surface area contributed by atoms with Gasteiger partial charge in [0.1, 0.15) is 25.7 Å². The highest BCUT2D eigenvalue weighted by molar-refractivity contribution is 7.87. The molecule has 4 aromatic rings. The van der Waals surface area contributed by atoms with Crippen molar-refractivity contribution in [1.29, 1.82) is 0 Å². The highest BCUT2D eigenvalue weighted by Gasteiger charge is 2.37. The van der Waals surface area contributed by atoms with Crippen LogP contribution in [0.2, 0.25) is 0 Å². The van der Waals surface area contributed by atoms with Crippen LogP contribution in [0.3, 0.4) is 0 Å². The molecule has 0 saturated carbocycles. The fraction of sp³-hybridized carbons (Fsp3) is 0.0526. The number of aromatic nitrogens is 2. The van der Waals surface area contributed by atoms with Crippen molar-refractivity contribution in [3.05, 3.63) is 42.0 Å². The van der Waals surface area contributed by atoms with Crippen LogP contribution < -0.4 is 10.6 Å². The first kappa shape index (κ1) is 28.2. The molecule has 0 aliphatic carbocycles. The van der Waals surface area contributed by atoms with Crippen molar-refractivity contribution in [3.8, 4) is 0 Å². The maximum absolute atomic E-state index is 12.5. The van der Waals surface area contributed by atoms with Crippen molar-refractivity contribution in [1.82, 2.24) is 9.97 Å². The molecule has 2 heterocycles. The van der Waals surface area contributed by atoms with Gasteiger partial charge >= 0.3 is 10.6 Å². The van der Waals surface area contributed by atoms with Gasteiger partial charge in [-0.15, -0.1) is 12.6 Å². The van der Waals surface area contributed by atoms with Crippen molar-refractivity contribution in [2.45, 2.75) is 21.6 Å². The van der Waals surface area contributed by atoms with E-state index in [9.17, 15) is 38.9 Å². The zero-order valence-corrected chi connectivity index (χ0v) is 22.3. The van der Waals surface area contributed by atoms with E-state index in [1.807, 2.05) is 0 Å². The van der Waals surface area contributed by atoms with E-state index in [0.29, 0.717) is 5.56 Å². The van der Waals surface area contributed by atoms with Gasteiger partial charge in [0.15, 0.2) is 0 Å². The molecule has 0 amide bonds. The van der Waals surface area contributed by atoms with E-state index in [-0.39, 0.29) is 22.4 Å². The summed E-state index contributed by atoms with van der Waals surface area (Å²) >= 11 is 0. The molecule has 0 spiro atoms. The molecule has 39 heavy (non-hydrogen) atoms. The Morgan fingerprint density at radius 1 is 0.692 bits per heavy atom.